The first-order chi connectivity index (χ1) is 18.4. The number of rotatable bonds is 4. The van der Waals surface area contributed by atoms with E-state index in [1.54, 1.807) is 0 Å². The molecule has 0 unspecified atom stereocenters. The average molecular weight is 558 g/mol. The lowest BCUT2D eigenvalue weighted by Crippen LogP contribution is -2.66. The zero-order valence-corrected chi connectivity index (χ0v) is 25.6. The molecule has 0 aromatic carbocycles. The normalized spacial score (nSPS) is 48.4. The lowest BCUT2D eigenvalue weighted by Gasteiger charge is -2.70. The van der Waals surface area contributed by atoms with Gasteiger partial charge in [-0.05, 0) is 103 Å². The first-order valence-electron chi connectivity index (χ1n) is 15.5. The van der Waals surface area contributed by atoms with Gasteiger partial charge in [-0.3, -0.25) is 9.59 Å². The van der Waals surface area contributed by atoms with Gasteiger partial charge >= 0.3 is 5.97 Å². The van der Waals surface area contributed by atoms with E-state index in [1.807, 2.05) is 13.0 Å². The summed E-state index contributed by atoms with van der Waals surface area (Å²) in [6.07, 6.45) is 9.31. The highest BCUT2D eigenvalue weighted by molar-refractivity contribution is 5.96. The van der Waals surface area contributed by atoms with Crippen molar-refractivity contribution in [2.45, 2.75) is 118 Å². The van der Waals surface area contributed by atoms with Gasteiger partial charge in [0, 0.05) is 11.3 Å². The van der Waals surface area contributed by atoms with Crippen molar-refractivity contribution < 1.29 is 29.7 Å². The number of ketones is 1. The summed E-state index contributed by atoms with van der Waals surface area (Å²) < 4.78 is 0. The summed E-state index contributed by atoms with van der Waals surface area (Å²) >= 11 is 0. The van der Waals surface area contributed by atoms with E-state index in [0.717, 1.165) is 44.9 Å². The second-order valence-corrected chi connectivity index (χ2v) is 16.2. The van der Waals surface area contributed by atoms with Crippen LogP contribution in [0.3, 0.4) is 0 Å². The van der Waals surface area contributed by atoms with Gasteiger partial charge in [0.15, 0.2) is 5.78 Å². The highest BCUT2D eigenvalue weighted by Crippen LogP contribution is 2.75. The SMILES string of the molecule is CC1(C)[C@@H](O)CC[C@]2(C)[C@H]3C(=O)C=C4[C@@H]5C[C@@](C)(C(=O)N[C@H](CO)C(=O)O)CC[C@]5(C)CC[C@@]4(C)[C@]3(C)CC[C@@H]12. The monoisotopic (exact) mass is 557 g/mol. The summed E-state index contributed by atoms with van der Waals surface area (Å²) in [5.74, 6) is -1.10. The number of nitrogens with one attached hydrogen (secondary N) is 1. The van der Waals surface area contributed by atoms with E-state index in [9.17, 15) is 29.7 Å². The smallest absolute Gasteiger partial charge is 0.328 e. The Bertz CT molecular complexity index is 1150. The van der Waals surface area contributed by atoms with E-state index in [2.05, 4.69) is 46.9 Å². The van der Waals surface area contributed by atoms with Crippen LogP contribution in [0.4, 0.5) is 0 Å². The van der Waals surface area contributed by atoms with Gasteiger partial charge in [-0.2, -0.15) is 0 Å². The molecule has 4 fully saturated rings. The molecule has 5 aliphatic carbocycles. The molecule has 0 heterocycles. The van der Waals surface area contributed by atoms with Gasteiger partial charge in [-0.25, -0.2) is 4.79 Å². The molecule has 0 radical (unpaired) electrons. The van der Waals surface area contributed by atoms with E-state index >= 15 is 0 Å². The van der Waals surface area contributed by atoms with Gasteiger partial charge in [-0.15, -0.1) is 0 Å². The quantitative estimate of drug-likeness (QED) is 0.390. The van der Waals surface area contributed by atoms with Crippen LogP contribution in [-0.2, 0) is 14.4 Å². The fourth-order valence-electron chi connectivity index (χ4n) is 10.9. The van der Waals surface area contributed by atoms with E-state index < -0.39 is 24.0 Å². The summed E-state index contributed by atoms with van der Waals surface area (Å²) in [5, 5.41) is 32.4. The number of carboxylic acid groups (broad SMARTS) is 1. The maximum Gasteiger partial charge on any atom is 0.328 e. The maximum atomic E-state index is 14.4. The van der Waals surface area contributed by atoms with Crippen molar-refractivity contribution in [2.24, 2.45) is 50.2 Å². The summed E-state index contributed by atoms with van der Waals surface area (Å²) in [6, 6.07) is -1.32. The van der Waals surface area contributed by atoms with Gasteiger partial charge in [0.2, 0.25) is 5.91 Å². The molecule has 7 heteroatoms. The van der Waals surface area contributed by atoms with E-state index in [4.69, 9.17) is 0 Å². The number of fused-ring (bicyclic) bond motifs is 7. The number of aliphatic hydroxyl groups excluding tert-OH is 2. The number of carboxylic acids is 1. The molecule has 1 amide bonds. The Balaban J connectivity index is 1.53. The minimum Gasteiger partial charge on any atom is -0.480 e. The molecule has 0 aliphatic heterocycles. The fourth-order valence-corrected chi connectivity index (χ4v) is 10.9. The third kappa shape index (κ3) is 3.85. The molecule has 4 saturated carbocycles. The predicted molar refractivity (Wildman–Crippen MR) is 152 cm³/mol. The van der Waals surface area contributed by atoms with Gasteiger partial charge < -0.3 is 20.6 Å². The van der Waals surface area contributed by atoms with E-state index in [1.165, 1.54) is 5.57 Å². The molecule has 0 aromatic rings. The minimum atomic E-state index is -1.32. The molecule has 0 spiro atoms. The third-order valence-corrected chi connectivity index (χ3v) is 13.9. The van der Waals surface area contributed by atoms with Crippen LogP contribution < -0.4 is 5.32 Å². The van der Waals surface area contributed by atoms with Crippen molar-refractivity contribution >= 4 is 17.7 Å². The van der Waals surface area contributed by atoms with Crippen molar-refractivity contribution in [3.8, 4) is 0 Å². The molecule has 40 heavy (non-hydrogen) atoms. The van der Waals surface area contributed by atoms with Gasteiger partial charge in [0.05, 0.1) is 12.7 Å². The van der Waals surface area contributed by atoms with Gasteiger partial charge in [0.25, 0.3) is 0 Å². The van der Waals surface area contributed by atoms with Crippen molar-refractivity contribution in [3.63, 3.8) is 0 Å². The summed E-state index contributed by atoms with van der Waals surface area (Å²) in [7, 11) is 0. The van der Waals surface area contributed by atoms with Crippen LogP contribution in [0.25, 0.3) is 0 Å². The summed E-state index contributed by atoms with van der Waals surface area (Å²) in [5.41, 5.74) is -0.372. The number of hydrogen-bond donors (Lipinski definition) is 4. The van der Waals surface area contributed by atoms with Crippen molar-refractivity contribution in [1.82, 2.24) is 5.32 Å². The minimum absolute atomic E-state index is 0.0180. The predicted octanol–water partition coefficient (Wildman–Crippen LogP) is 4.89. The maximum absolute atomic E-state index is 14.4. The Morgan fingerprint density at radius 1 is 0.975 bits per heavy atom. The molecule has 224 valence electrons. The van der Waals surface area contributed by atoms with Crippen LogP contribution in [-0.4, -0.2) is 51.7 Å². The highest BCUT2D eigenvalue weighted by Gasteiger charge is 2.70. The number of carbonyl (C=O) groups excluding carboxylic acids is 2. The lowest BCUT2D eigenvalue weighted by atomic mass is 9.33. The molecule has 4 N–H and O–H groups in total. The molecule has 5 rings (SSSR count). The number of aliphatic carboxylic acids is 1. The Morgan fingerprint density at radius 3 is 2.25 bits per heavy atom. The molecule has 0 saturated heterocycles. The molecule has 7 nitrogen and oxygen atoms in total. The van der Waals surface area contributed by atoms with Crippen LogP contribution >= 0.6 is 0 Å². The molecule has 5 aliphatic rings. The van der Waals surface area contributed by atoms with Crippen LogP contribution in [0.1, 0.15) is 106 Å². The number of amides is 1. The Morgan fingerprint density at radius 2 is 1.62 bits per heavy atom. The molecule has 0 bridgehead atoms. The Hall–Kier alpha value is -1.73. The second kappa shape index (κ2) is 9.13. The zero-order chi connectivity index (χ0) is 29.7. The van der Waals surface area contributed by atoms with Crippen molar-refractivity contribution in [3.05, 3.63) is 11.6 Å². The largest absolute Gasteiger partial charge is 0.480 e. The van der Waals surface area contributed by atoms with Crippen LogP contribution in [0.15, 0.2) is 11.6 Å². The number of allylic oxidation sites excluding steroid dienone is 2. The number of carbonyl (C=O) groups is 3. The number of aliphatic hydroxyl groups is 2. The van der Waals surface area contributed by atoms with Crippen LogP contribution in [0.2, 0.25) is 0 Å². The first-order valence-corrected chi connectivity index (χ1v) is 15.5. The van der Waals surface area contributed by atoms with E-state index in [-0.39, 0.29) is 62.6 Å². The van der Waals surface area contributed by atoms with Gasteiger partial charge in [-0.1, -0.05) is 54.0 Å². The molecular formula is C33H51NO6. The molecular weight excluding hydrogens is 506 g/mol. The second-order valence-electron chi connectivity index (χ2n) is 16.2. The van der Waals surface area contributed by atoms with Crippen molar-refractivity contribution in [1.29, 1.82) is 0 Å². The average Bonchev–Trinajstić information content (AvgIpc) is 2.87. The standard InChI is InChI=1S/C33H51NO6/c1-28(2)23-8-11-33(7)25(31(23,5)10-9-24(28)37)22(36)16-19-20-17-30(4,27(40)34-21(18-35)26(38)39)13-12-29(20,3)14-15-32(19,33)6/h16,20-21,23-25,35,37H,8-15,17-18H2,1-7H3,(H,34,40)(H,38,39)/t20-,21+,23-,24-,25+,29+,30-,31-,32+,33+/m0/s1. The van der Waals surface area contributed by atoms with Crippen LogP contribution in [0, 0.1) is 50.2 Å². The van der Waals surface area contributed by atoms with Crippen LogP contribution in [0.5, 0.6) is 0 Å². The molecule has 0 aromatic heterocycles. The first kappa shape index (κ1) is 29.8. The highest BCUT2D eigenvalue weighted by atomic mass is 16.4. The number of hydrogen-bond acceptors (Lipinski definition) is 5. The van der Waals surface area contributed by atoms with Crippen molar-refractivity contribution in [2.75, 3.05) is 6.61 Å². The summed E-state index contributed by atoms with van der Waals surface area (Å²) in [6.45, 7) is 15.0. The summed E-state index contributed by atoms with van der Waals surface area (Å²) in [4.78, 5) is 39.4. The topological polar surface area (TPSA) is 124 Å². The fraction of sp³-hybridized carbons (Fsp3) is 0.848. The Kier molecular flexibility index (Phi) is 6.79. The Labute approximate surface area is 239 Å². The van der Waals surface area contributed by atoms with Gasteiger partial charge in [0.1, 0.15) is 6.04 Å². The van der Waals surface area contributed by atoms with E-state index in [0.29, 0.717) is 12.8 Å². The zero-order valence-electron chi connectivity index (χ0n) is 25.6. The lowest BCUT2D eigenvalue weighted by molar-refractivity contribution is -0.202. The third-order valence-electron chi connectivity index (χ3n) is 13.9. The molecule has 10 atom stereocenters.